The van der Waals surface area contributed by atoms with Gasteiger partial charge in [0, 0.05) is 43.2 Å². The van der Waals surface area contributed by atoms with Crippen LogP contribution in [0.1, 0.15) is 56.6 Å². The highest BCUT2D eigenvalue weighted by atomic mass is 19.1. The van der Waals surface area contributed by atoms with Crippen LogP contribution in [0, 0.1) is 17.7 Å². The van der Waals surface area contributed by atoms with E-state index in [0.29, 0.717) is 49.9 Å². The molecule has 7 nitrogen and oxygen atoms in total. The van der Waals surface area contributed by atoms with Gasteiger partial charge in [0.15, 0.2) is 0 Å². The van der Waals surface area contributed by atoms with E-state index in [9.17, 15) is 9.59 Å². The second kappa shape index (κ2) is 8.85. The quantitative estimate of drug-likeness (QED) is 0.423. The molecule has 1 aromatic heterocycles. The zero-order valence-electron chi connectivity index (χ0n) is 22.4. The van der Waals surface area contributed by atoms with Crippen LogP contribution in [0.3, 0.4) is 0 Å². The number of halogens is 1. The lowest BCUT2D eigenvalue weighted by molar-refractivity contribution is -0.139. The van der Waals surface area contributed by atoms with E-state index >= 15 is 4.39 Å². The summed E-state index contributed by atoms with van der Waals surface area (Å²) in [6.07, 6.45) is 11.1. The minimum Gasteiger partial charge on any atom is -0.342 e. The summed E-state index contributed by atoms with van der Waals surface area (Å²) in [7, 11) is 0. The number of carbonyl (C=O) groups is 2. The average molecular weight is 538 g/mol. The topological polar surface area (TPSA) is 70.8 Å². The van der Waals surface area contributed by atoms with E-state index in [1.54, 1.807) is 17.0 Å². The van der Waals surface area contributed by atoms with Crippen molar-refractivity contribution < 1.29 is 14.0 Å². The minimum absolute atomic E-state index is 0.0193. The molecule has 8 rings (SSSR count). The van der Waals surface area contributed by atoms with Crippen LogP contribution in [-0.2, 0) is 9.59 Å². The number of amidine groups is 1. The predicted molar refractivity (Wildman–Crippen MR) is 149 cm³/mol. The van der Waals surface area contributed by atoms with Gasteiger partial charge in [-0.25, -0.2) is 4.39 Å². The number of rotatable bonds is 7. The molecule has 0 unspecified atom stereocenters. The molecule has 0 radical (unpaired) electrons. The lowest BCUT2D eigenvalue weighted by Crippen LogP contribution is -2.55. The van der Waals surface area contributed by atoms with Crippen LogP contribution < -0.4 is 0 Å². The number of carbonyl (C=O) groups excluding carboxylic acids is 2. The fraction of sp³-hybridized carbons (Fsp3) is 0.438. The first-order valence-electron chi connectivity index (χ1n) is 14.6. The first-order valence-corrected chi connectivity index (χ1v) is 14.6. The number of aliphatic imine (C=N–C) groups is 1. The van der Waals surface area contributed by atoms with Gasteiger partial charge in [0.1, 0.15) is 17.2 Å². The monoisotopic (exact) mass is 537 g/mol. The van der Waals surface area contributed by atoms with Crippen LogP contribution in [0.15, 0.2) is 59.9 Å². The van der Waals surface area contributed by atoms with Gasteiger partial charge in [0.25, 0.3) is 5.91 Å². The van der Waals surface area contributed by atoms with E-state index in [2.05, 4.69) is 28.1 Å². The van der Waals surface area contributed by atoms with E-state index in [0.717, 1.165) is 35.1 Å². The van der Waals surface area contributed by atoms with E-state index in [4.69, 9.17) is 4.99 Å². The Kier molecular flexibility index (Phi) is 5.31. The molecule has 3 aliphatic carbocycles. The van der Waals surface area contributed by atoms with Crippen molar-refractivity contribution in [2.24, 2.45) is 16.8 Å². The predicted octanol–water partition coefficient (Wildman–Crippen LogP) is 5.07. The molecule has 4 fully saturated rings. The Hall–Kier alpha value is -3.81. The van der Waals surface area contributed by atoms with Crippen molar-refractivity contribution >= 4 is 17.6 Å². The van der Waals surface area contributed by atoms with Crippen molar-refractivity contribution in [2.75, 3.05) is 19.6 Å². The van der Waals surface area contributed by atoms with Gasteiger partial charge in [-0.2, -0.15) is 5.10 Å². The number of nitrogens with zero attached hydrogens (tertiary/aromatic N) is 5. The molecule has 8 heteroatoms. The van der Waals surface area contributed by atoms with Crippen molar-refractivity contribution in [1.82, 2.24) is 19.6 Å². The number of hydrogen-bond acceptors (Lipinski definition) is 4. The molecule has 0 bridgehead atoms. The molecule has 40 heavy (non-hydrogen) atoms. The normalized spacial score (nSPS) is 21.9. The third-order valence-corrected chi connectivity index (χ3v) is 9.39. The van der Waals surface area contributed by atoms with Crippen LogP contribution in [0.4, 0.5) is 4.39 Å². The molecule has 1 saturated heterocycles. The first-order chi connectivity index (χ1) is 19.5. The highest BCUT2D eigenvalue weighted by Gasteiger charge is 2.58. The summed E-state index contributed by atoms with van der Waals surface area (Å²) in [4.78, 5) is 34.0. The number of aromatic nitrogens is 2. The molecule has 204 valence electrons. The molecule has 3 heterocycles. The van der Waals surface area contributed by atoms with Gasteiger partial charge in [-0.3, -0.25) is 24.2 Å². The first kappa shape index (κ1) is 24.0. The summed E-state index contributed by atoms with van der Waals surface area (Å²) >= 11 is 0. The van der Waals surface area contributed by atoms with E-state index < -0.39 is 5.54 Å². The molecular weight excluding hydrogens is 505 g/mol. The van der Waals surface area contributed by atoms with Gasteiger partial charge >= 0.3 is 0 Å². The van der Waals surface area contributed by atoms with Gasteiger partial charge in [-0.05, 0) is 73.8 Å². The molecule has 1 spiro atoms. The van der Waals surface area contributed by atoms with Gasteiger partial charge in [-0.15, -0.1) is 0 Å². The second-order valence-corrected chi connectivity index (χ2v) is 12.3. The number of likely N-dealkylation sites (tertiary alicyclic amines) is 1. The molecule has 5 aliphatic rings. The van der Waals surface area contributed by atoms with Crippen molar-refractivity contribution in [2.45, 2.75) is 56.5 Å². The summed E-state index contributed by atoms with van der Waals surface area (Å²) in [6, 6.07) is 13.9. The molecule has 3 saturated carbocycles. The maximum Gasteiger partial charge on any atom is 0.256 e. The summed E-state index contributed by atoms with van der Waals surface area (Å²) in [5, 5.41) is 4.54. The number of benzene rings is 2. The van der Waals surface area contributed by atoms with Crippen LogP contribution in [0.5, 0.6) is 0 Å². The summed E-state index contributed by atoms with van der Waals surface area (Å²) in [5.74, 6) is 0.701. The largest absolute Gasteiger partial charge is 0.342 e. The third kappa shape index (κ3) is 3.99. The Morgan fingerprint density at radius 1 is 0.950 bits per heavy atom. The standard InChI is InChI=1S/C32H32FN5O2/c33-28-14-24(21-4-6-22(7-5-21)25-15-34-38(19-25)26-2-1-3-26)10-11-27(28)29-35-32(12-13-32)31(40)37(29)18-20-16-36(17-20)30(39)23-8-9-23/h4-7,10-11,14-15,19-20,23,26H,1-3,8-9,12-13,16-18H2. The van der Waals surface area contributed by atoms with Crippen molar-refractivity contribution in [3.8, 4) is 22.3 Å². The van der Waals surface area contributed by atoms with E-state index in [1.807, 2.05) is 29.3 Å². The second-order valence-electron chi connectivity index (χ2n) is 12.3. The fourth-order valence-electron chi connectivity index (χ4n) is 6.26. The minimum atomic E-state index is -0.698. The van der Waals surface area contributed by atoms with Gasteiger partial charge < -0.3 is 4.90 Å². The third-order valence-electron chi connectivity index (χ3n) is 9.39. The zero-order chi connectivity index (χ0) is 27.0. The summed E-state index contributed by atoms with van der Waals surface area (Å²) < 4.78 is 17.7. The molecule has 0 atom stereocenters. The summed E-state index contributed by atoms with van der Waals surface area (Å²) in [6.45, 7) is 1.81. The van der Waals surface area contributed by atoms with Crippen LogP contribution >= 0.6 is 0 Å². The highest BCUT2D eigenvalue weighted by Crippen LogP contribution is 2.46. The molecular formula is C32H32FN5O2. The van der Waals surface area contributed by atoms with Crippen LogP contribution in [-0.4, -0.2) is 62.4 Å². The molecule has 2 aromatic carbocycles. The van der Waals surface area contributed by atoms with Gasteiger partial charge in [0.2, 0.25) is 5.91 Å². The maximum atomic E-state index is 15.6. The maximum absolute atomic E-state index is 15.6. The molecule has 0 N–H and O–H groups in total. The molecule has 2 amide bonds. The molecule has 3 aromatic rings. The van der Waals surface area contributed by atoms with Crippen LogP contribution in [0.2, 0.25) is 0 Å². The van der Waals surface area contributed by atoms with Gasteiger partial charge in [-0.1, -0.05) is 30.3 Å². The Labute approximate surface area is 232 Å². The zero-order valence-corrected chi connectivity index (χ0v) is 22.4. The van der Waals surface area contributed by atoms with E-state index in [1.165, 1.54) is 19.3 Å². The lowest BCUT2D eigenvalue weighted by atomic mass is 9.93. The Bertz CT molecular complexity index is 1540. The van der Waals surface area contributed by atoms with Crippen molar-refractivity contribution in [3.63, 3.8) is 0 Å². The van der Waals surface area contributed by atoms with Gasteiger partial charge in [0.05, 0.1) is 17.8 Å². The Morgan fingerprint density at radius 2 is 1.65 bits per heavy atom. The van der Waals surface area contributed by atoms with Crippen LogP contribution in [0.25, 0.3) is 22.3 Å². The number of amides is 2. The van der Waals surface area contributed by atoms with Crippen molar-refractivity contribution in [3.05, 3.63) is 66.2 Å². The SMILES string of the molecule is O=C(C1CC1)N1CC(CN2C(=O)C3(CC3)N=C2c2ccc(-c3ccc(-c4cnn(C5CCC5)c4)cc3)cc2F)C1. The smallest absolute Gasteiger partial charge is 0.256 e. The summed E-state index contributed by atoms with van der Waals surface area (Å²) in [5.41, 5.74) is 3.55. The lowest BCUT2D eigenvalue weighted by Gasteiger charge is -2.41. The Morgan fingerprint density at radius 3 is 2.27 bits per heavy atom. The highest BCUT2D eigenvalue weighted by molar-refractivity contribution is 6.16. The average Bonchev–Trinajstić information content (AvgIpc) is 3.83. The van der Waals surface area contributed by atoms with E-state index in [-0.39, 0.29) is 29.5 Å². The van der Waals surface area contributed by atoms with Crippen molar-refractivity contribution in [1.29, 1.82) is 0 Å². The fourth-order valence-corrected chi connectivity index (χ4v) is 6.26. The molecule has 2 aliphatic heterocycles. The number of hydrogen-bond donors (Lipinski definition) is 0. The Balaban J connectivity index is 0.995.